The summed E-state index contributed by atoms with van der Waals surface area (Å²) >= 11 is 0. The summed E-state index contributed by atoms with van der Waals surface area (Å²) in [5, 5.41) is 18.7. The molecule has 0 radical (unpaired) electrons. The number of aromatic nitrogens is 5. The highest BCUT2D eigenvalue weighted by molar-refractivity contribution is 5.42. The van der Waals surface area contributed by atoms with E-state index in [9.17, 15) is 0 Å². The van der Waals surface area contributed by atoms with Gasteiger partial charge in [0.15, 0.2) is 5.65 Å². The van der Waals surface area contributed by atoms with Gasteiger partial charge < -0.3 is 11.1 Å². The molecular weight excluding hydrogens is 218 g/mol. The van der Waals surface area contributed by atoms with Crippen molar-refractivity contribution in [3.05, 3.63) is 12.1 Å². The molecule has 1 aliphatic rings. The fourth-order valence-electron chi connectivity index (χ4n) is 2.29. The quantitative estimate of drug-likeness (QED) is 0.778. The molecule has 1 saturated carbocycles. The number of fused-ring (bicyclic) bond motifs is 1. The molecule has 0 aliphatic heterocycles. The Hall–Kier alpha value is -1.76. The van der Waals surface area contributed by atoms with Gasteiger partial charge in [-0.15, -0.1) is 14.8 Å². The van der Waals surface area contributed by atoms with E-state index in [1.165, 1.54) is 11.1 Å². The van der Waals surface area contributed by atoms with Crippen LogP contribution in [0.4, 0.5) is 5.82 Å². The third-order valence-electron chi connectivity index (χ3n) is 3.22. The number of hydrogen-bond donors (Lipinski definition) is 2. The fraction of sp³-hybridized carbons (Fsp3) is 0.600. The molecule has 2 aromatic heterocycles. The lowest BCUT2D eigenvalue weighted by Crippen LogP contribution is -2.18. The van der Waals surface area contributed by atoms with Crippen molar-refractivity contribution in [3.63, 3.8) is 0 Å². The van der Waals surface area contributed by atoms with Crippen molar-refractivity contribution in [1.29, 1.82) is 0 Å². The molecule has 0 aromatic carbocycles. The number of tetrazole rings is 1. The second-order valence-electron chi connectivity index (χ2n) is 4.57. The van der Waals surface area contributed by atoms with Gasteiger partial charge in [0.05, 0.1) is 0 Å². The Kier molecular flexibility index (Phi) is 2.60. The fourth-order valence-corrected chi connectivity index (χ4v) is 2.29. The number of rotatable bonds is 3. The highest BCUT2D eigenvalue weighted by atomic mass is 15.6. The van der Waals surface area contributed by atoms with E-state index in [-0.39, 0.29) is 0 Å². The molecule has 17 heavy (non-hydrogen) atoms. The van der Waals surface area contributed by atoms with Crippen LogP contribution in [0.3, 0.4) is 0 Å². The lowest BCUT2D eigenvalue weighted by Gasteiger charge is -2.10. The van der Waals surface area contributed by atoms with E-state index in [0.717, 1.165) is 25.2 Å². The summed E-state index contributed by atoms with van der Waals surface area (Å²) in [5.41, 5.74) is 6.53. The molecule has 0 bridgehead atoms. The van der Waals surface area contributed by atoms with Crippen molar-refractivity contribution < 1.29 is 0 Å². The summed E-state index contributed by atoms with van der Waals surface area (Å²) in [7, 11) is 0. The molecule has 0 spiro atoms. The number of hydrogen-bond acceptors (Lipinski definition) is 6. The van der Waals surface area contributed by atoms with Gasteiger partial charge in [0, 0.05) is 12.6 Å². The summed E-state index contributed by atoms with van der Waals surface area (Å²) in [6.07, 6.45) is 3.42. The SMILES string of the molecule is NC1CCC(CNc2ccc3nnnn3n2)C1. The molecule has 0 saturated heterocycles. The van der Waals surface area contributed by atoms with Crippen LogP contribution in [0.2, 0.25) is 0 Å². The van der Waals surface area contributed by atoms with Gasteiger partial charge in [-0.05, 0) is 47.7 Å². The summed E-state index contributed by atoms with van der Waals surface area (Å²) < 4.78 is 1.42. The zero-order valence-corrected chi connectivity index (χ0v) is 9.45. The summed E-state index contributed by atoms with van der Waals surface area (Å²) in [4.78, 5) is 0. The van der Waals surface area contributed by atoms with Gasteiger partial charge in [-0.1, -0.05) is 0 Å². The highest BCUT2D eigenvalue weighted by Crippen LogP contribution is 2.24. The summed E-state index contributed by atoms with van der Waals surface area (Å²) in [6, 6.07) is 4.10. The van der Waals surface area contributed by atoms with Crippen molar-refractivity contribution in [2.45, 2.75) is 25.3 Å². The summed E-state index contributed by atoms with van der Waals surface area (Å²) in [5.74, 6) is 1.45. The van der Waals surface area contributed by atoms with Gasteiger partial charge in [-0.2, -0.15) is 0 Å². The molecule has 2 unspecified atom stereocenters. The average Bonchev–Trinajstić information content (AvgIpc) is 2.94. The van der Waals surface area contributed by atoms with Crippen molar-refractivity contribution in [2.75, 3.05) is 11.9 Å². The molecule has 2 aromatic rings. The van der Waals surface area contributed by atoms with Gasteiger partial charge in [0.2, 0.25) is 0 Å². The predicted octanol–water partition coefficient (Wildman–Crippen LogP) is 0.0586. The molecule has 7 heteroatoms. The largest absolute Gasteiger partial charge is 0.368 e. The molecule has 3 rings (SSSR count). The van der Waals surface area contributed by atoms with E-state index >= 15 is 0 Å². The van der Waals surface area contributed by atoms with Crippen LogP contribution < -0.4 is 11.1 Å². The van der Waals surface area contributed by atoms with Crippen LogP contribution in [0.5, 0.6) is 0 Å². The molecule has 0 amide bonds. The van der Waals surface area contributed by atoms with E-state index in [1.807, 2.05) is 12.1 Å². The Morgan fingerprint density at radius 2 is 2.35 bits per heavy atom. The molecule has 2 atom stereocenters. The Labute approximate surface area is 98.4 Å². The zero-order valence-electron chi connectivity index (χ0n) is 9.45. The van der Waals surface area contributed by atoms with Crippen molar-refractivity contribution in [1.82, 2.24) is 25.3 Å². The van der Waals surface area contributed by atoms with Gasteiger partial charge in [0.1, 0.15) is 5.82 Å². The van der Waals surface area contributed by atoms with E-state index in [1.54, 1.807) is 0 Å². The Morgan fingerprint density at radius 1 is 1.41 bits per heavy atom. The number of nitrogens with one attached hydrogen (secondary N) is 1. The molecule has 1 aliphatic carbocycles. The van der Waals surface area contributed by atoms with Gasteiger partial charge in [0.25, 0.3) is 0 Å². The molecule has 90 valence electrons. The first-order chi connectivity index (χ1) is 8.31. The number of nitrogens with two attached hydrogens (primary N) is 1. The third-order valence-corrected chi connectivity index (χ3v) is 3.22. The molecule has 3 N–H and O–H groups in total. The minimum atomic E-state index is 0.372. The molecule has 1 fully saturated rings. The van der Waals surface area contributed by atoms with Crippen LogP contribution in [0.25, 0.3) is 5.65 Å². The minimum absolute atomic E-state index is 0.372. The maximum atomic E-state index is 5.88. The Bertz CT molecular complexity index is 508. The Morgan fingerprint density at radius 3 is 3.18 bits per heavy atom. The lowest BCUT2D eigenvalue weighted by molar-refractivity contribution is 0.563. The van der Waals surface area contributed by atoms with Crippen molar-refractivity contribution in [2.24, 2.45) is 11.7 Å². The lowest BCUT2D eigenvalue weighted by atomic mass is 10.1. The van der Waals surface area contributed by atoms with Crippen molar-refractivity contribution >= 4 is 11.5 Å². The second kappa shape index (κ2) is 4.25. The maximum absolute atomic E-state index is 5.88. The first kappa shape index (κ1) is 10.4. The van der Waals surface area contributed by atoms with Crippen LogP contribution in [-0.4, -0.2) is 37.8 Å². The average molecular weight is 233 g/mol. The van der Waals surface area contributed by atoms with E-state index in [4.69, 9.17) is 5.73 Å². The van der Waals surface area contributed by atoms with E-state index in [2.05, 4.69) is 25.9 Å². The summed E-state index contributed by atoms with van der Waals surface area (Å²) in [6.45, 7) is 0.911. The van der Waals surface area contributed by atoms with Gasteiger partial charge >= 0.3 is 0 Å². The topological polar surface area (TPSA) is 94.0 Å². The highest BCUT2D eigenvalue weighted by Gasteiger charge is 2.21. The minimum Gasteiger partial charge on any atom is -0.368 e. The van der Waals surface area contributed by atoms with Crippen LogP contribution in [0.15, 0.2) is 12.1 Å². The van der Waals surface area contributed by atoms with Gasteiger partial charge in [-0.25, -0.2) is 0 Å². The van der Waals surface area contributed by atoms with Crippen LogP contribution in [0.1, 0.15) is 19.3 Å². The van der Waals surface area contributed by atoms with Crippen LogP contribution >= 0.6 is 0 Å². The van der Waals surface area contributed by atoms with Crippen LogP contribution in [0, 0.1) is 5.92 Å². The van der Waals surface area contributed by atoms with Crippen LogP contribution in [-0.2, 0) is 0 Å². The maximum Gasteiger partial charge on any atom is 0.200 e. The Balaban J connectivity index is 1.64. The smallest absolute Gasteiger partial charge is 0.200 e. The normalized spacial score (nSPS) is 24.3. The number of anilines is 1. The first-order valence-electron chi connectivity index (χ1n) is 5.86. The predicted molar refractivity (Wildman–Crippen MR) is 62.4 cm³/mol. The monoisotopic (exact) mass is 233 g/mol. The van der Waals surface area contributed by atoms with Gasteiger partial charge in [-0.3, -0.25) is 0 Å². The molecule has 7 nitrogen and oxygen atoms in total. The van der Waals surface area contributed by atoms with Crippen molar-refractivity contribution in [3.8, 4) is 0 Å². The second-order valence-corrected chi connectivity index (χ2v) is 4.57. The first-order valence-corrected chi connectivity index (χ1v) is 5.86. The number of nitrogens with zero attached hydrogens (tertiary/aromatic N) is 5. The van der Waals surface area contributed by atoms with E-state index < -0.39 is 0 Å². The zero-order chi connectivity index (χ0) is 11.7. The molecular formula is C10H15N7. The third kappa shape index (κ3) is 2.19. The molecule has 2 heterocycles. The standard InChI is InChI=1S/C10H15N7/c11-8-2-1-7(5-8)6-12-9-3-4-10-13-15-16-17(10)14-9/h3-4,7-8H,1-2,5-6,11H2,(H,12,14). The van der Waals surface area contributed by atoms with E-state index in [0.29, 0.717) is 17.6 Å².